The number of piperazine rings is 1. The molecular weight excluding hydrogens is 666 g/mol. The minimum atomic E-state index is -4.26. The molecule has 4 aromatic rings. The normalized spacial score (nSPS) is 18.5. The lowest BCUT2D eigenvalue weighted by Gasteiger charge is -2.40. The molecule has 0 radical (unpaired) electrons. The molecule has 1 amide bonds. The molecule has 0 aliphatic carbocycles. The molecule has 6 rings (SSSR count). The highest BCUT2D eigenvalue weighted by molar-refractivity contribution is 7.18. The van der Waals surface area contributed by atoms with E-state index in [2.05, 4.69) is 54.8 Å². The van der Waals surface area contributed by atoms with Crippen molar-refractivity contribution >= 4 is 44.4 Å². The van der Waals surface area contributed by atoms with E-state index in [0.29, 0.717) is 34.8 Å². The SMILES string of the molecule is Cc1c(CN2CCC(Nc3ncnc4sc(CC(F)(F)F)cc34)CC2)ccc2c1cc(C#N)n2CCN1CCN(C(=O)OC(C)(C)C)[C@H](C)C1. The van der Waals surface area contributed by atoms with Gasteiger partial charge in [-0.2, -0.15) is 18.4 Å². The first-order chi connectivity index (χ1) is 23.7. The van der Waals surface area contributed by atoms with Crippen LogP contribution in [0.25, 0.3) is 21.1 Å². The van der Waals surface area contributed by atoms with E-state index in [1.54, 1.807) is 11.0 Å². The van der Waals surface area contributed by atoms with Crippen LogP contribution in [-0.2, 0) is 24.2 Å². The van der Waals surface area contributed by atoms with Crippen molar-refractivity contribution in [1.82, 2.24) is 29.2 Å². The molecule has 0 spiro atoms. The van der Waals surface area contributed by atoms with Crippen LogP contribution in [0.1, 0.15) is 62.2 Å². The first-order valence-corrected chi connectivity index (χ1v) is 18.0. The highest BCUT2D eigenvalue weighted by Crippen LogP contribution is 2.33. The number of piperidine rings is 1. The van der Waals surface area contributed by atoms with Gasteiger partial charge in [-0.05, 0) is 76.8 Å². The second kappa shape index (κ2) is 14.4. The van der Waals surface area contributed by atoms with Crippen molar-refractivity contribution in [3.63, 3.8) is 0 Å². The average molecular weight is 711 g/mol. The summed E-state index contributed by atoms with van der Waals surface area (Å²) in [7, 11) is 0. The standard InChI is InChI=1S/C36H45F3N8O2S/c1-23-20-45(12-14-46(23)34(48)49-35(3,4)5)13-15-47-27(19-40)16-29-24(2)25(6-7-31(29)47)21-44-10-8-26(9-11-44)43-32-30-17-28(18-36(37,38)39)50-33(30)42-22-41-32/h6-7,16-17,22-23,26H,8-15,18,20-21H2,1-5H3,(H,41,42,43)/t23-/m1/s1. The first kappa shape index (κ1) is 35.9. The first-order valence-electron chi connectivity index (χ1n) is 17.2. The molecule has 0 unspecified atom stereocenters. The number of carbonyl (C=O) groups excluding carboxylic acids is 1. The fraction of sp³-hybridized carbons (Fsp3) is 0.556. The smallest absolute Gasteiger partial charge is 0.410 e. The number of carbonyl (C=O) groups is 1. The van der Waals surface area contributed by atoms with Gasteiger partial charge in [-0.25, -0.2) is 14.8 Å². The molecule has 1 atom stereocenters. The summed E-state index contributed by atoms with van der Waals surface area (Å²) in [5.74, 6) is 0.592. The van der Waals surface area contributed by atoms with Crippen LogP contribution in [0.4, 0.5) is 23.8 Å². The Balaban J connectivity index is 1.05. The quantitative estimate of drug-likeness (QED) is 0.210. The highest BCUT2D eigenvalue weighted by Gasteiger charge is 2.31. The van der Waals surface area contributed by atoms with Gasteiger partial charge in [0.15, 0.2) is 0 Å². The number of fused-ring (bicyclic) bond motifs is 2. The van der Waals surface area contributed by atoms with Gasteiger partial charge in [-0.1, -0.05) is 6.07 Å². The van der Waals surface area contributed by atoms with Crippen LogP contribution in [-0.4, -0.2) is 98.5 Å². The van der Waals surface area contributed by atoms with Crippen LogP contribution >= 0.6 is 11.3 Å². The molecule has 1 aromatic carbocycles. The van der Waals surface area contributed by atoms with Crippen LogP contribution in [0.3, 0.4) is 0 Å². The number of rotatable bonds is 8. The molecule has 2 saturated heterocycles. The van der Waals surface area contributed by atoms with E-state index < -0.39 is 18.2 Å². The molecule has 3 aromatic heterocycles. The van der Waals surface area contributed by atoms with Crippen molar-refractivity contribution in [2.45, 2.75) is 90.8 Å². The summed E-state index contributed by atoms with van der Waals surface area (Å²) in [5, 5.41) is 15.2. The van der Waals surface area contributed by atoms with Gasteiger partial charge in [0.05, 0.1) is 11.8 Å². The Bertz CT molecular complexity index is 1880. The highest BCUT2D eigenvalue weighted by atomic mass is 32.1. The van der Waals surface area contributed by atoms with Gasteiger partial charge in [0.1, 0.15) is 34.3 Å². The third-order valence-electron chi connectivity index (χ3n) is 9.64. The number of nitrogens with one attached hydrogen (secondary N) is 1. The lowest BCUT2D eigenvalue weighted by molar-refractivity contribution is -0.126. The zero-order valence-corrected chi connectivity index (χ0v) is 30.1. The van der Waals surface area contributed by atoms with Gasteiger partial charge in [-0.3, -0.25) is 9.80 Å². The average Bonchev–Trinajstić information content (AvgIpc) is 3.61. The van der Waals surface area contributed by atoms with Crippen molar-refractivity contribution in [2.24, 2.45) is 0 Å². The number of nitrogens with zero attached hydrogens (tertiary/aromatic N) is 7. The zero-order chi connectivity index (χ0) is 35.8. The monoisotopic (exact) mass is 710 g/mol. The number of thiophene rings is 1. The molecule has 2 fully saturated rings. The Morgan fingerprint density at radius 2 is 1.82 bits per heavy atom. The number of halogens is 3. The summed E-state index contributed by atoms with van der Waals surface area (Å²) in [4.78, 5) is 28.6. The third kappa shape index (κ3) is 8.33. The summed E-state index contributed by atoms with van der Waals surface area (Å²) in [6.07, 6.45) is -2.33. The van der Waals surface area contributed by atoms with Crippen LogP contribution in [0, 0.1) is 18.3 Å². The Kier molecular flexibility index (Phi) is 10.3. The fourth-order valence-corrected chi connectivity index (χ4v) is 8.10. The maximum absolute atomic E-state index is 13.0. The largest absolute Gasteiger partial charge is 0.444 e. The maximum Gasteiger partial charge on any atom is 0.410 e. The number of hydrogen-bond acceptors (Lipinski definition) is 9. The summed E-state index contributed by atoms with van der Waals surface area (Å²) in [5.41, 5.74) is 3.57. The molecule has 14 heteroatoms. The van der Waals surface area contributed by atoms with E-state index in [1.165, 1.54) is 17.5 Å². The van der Waals surface area contributed by atoms with Gasteiger partial charge >= 0.3 is 12.3 Å². The van der Waals surface area contributed by atoms with Gasteiger partial charge in [0.25, 0.3) is 0 Å². The van der Waals surface area contributed by atoms with E-state index >= 15 is 0 Å². The topological polar surface area (TPSA) is 103 Å². The molecular formula is C36H45F3N8O2S. The van der Waals surface area contributed by atoms with E-state index in [4.69, 9.17) is 4.74 Å². The Labute approximate surface area is 294 Å². The predicted octanol–water partition coefficient (Wildman–Crippen LogP) is 6.95. The lowest BCUT2D eigenvalue weighted by Crippen LogP contribution is -2.55. The van der Waals surface area contributed by atoms with Crippen LogP contribution in [0.5, 0.6) is 0 Å². The number of alkyl halides is 3. The molecule has 5 heterocycles. The Morgan fingerprint density at radius 3 is 2.50 bits per heavy atom. The van der Waals surface area contributed by atoms with Crippen LogP contribution < -0.4 is 5.32 Å². The summed E-state index contributed by atoms with van der Waals surface area (Å²) < 4.78 is 46.6. The minimum Gasteiger partial charge on any atom is -0.444 e. The fourth-order valence-electron chi connectivity index (χ4n) is 7.07. The molecule has 10 nitrogen and oxygen atoms in total. The van der Waals surface area contributed by atoms with E-state index in [9.17, 15) is 23.2 Å². The summed E-state index contributed by atoms with van der Waals surface area (Å²) in [6.45, 7) is 15.9. The number of nitriles is 1. The number of hydrogen-bond donors (Lipinski definition) is 1. The Morgan fingerprint density at radius 1 is 1.06 bits per heavy atom. The van der Waals surface area contributed by atoms with Crippen molar-refractivity contribution in [2.75, 3.05) is 44.6 Å². The van der Waals surface area contributed by atoms with Gasteiger partial charge in [-0.15, -0.1) is 11.3 Å². The maximum atomic E-state index is 13.0. The van der Waals surface area contributed by atoms with Gasteiger partial charge in [0, 0.05) is 80.2 Å². The summed E-state index contributed by atoms with van der Waals surface area (Å²) >= 11 is 1.06. The second-order valence-corrected chi connectivity index (χ2v) is 15.7. The third-order valence-corrected chi connectivity index (χ3v) is 10.7. The van der Waals surface area contributed by atoms with Crippen LogP contribution in [0.15, 0.2) is 30.6 Å². The number of amides is 1. The number of benzene rings is 1. The van der Waals surface area contributed by atoms with Gasteiger partial charge < -0.3 is 19.5 Å². The molecule has 0 bridgehead atoms. The number of anilines is 1. The number of likely N-dealkylation sites (tertiary alicyclic amines) is 1. The number of aromatic nitrogens is 3. The van der Waals surface area contributed by atoms with Gasteiger partial charge in [0.2, 0.25) is 0 Å². The van der Waals surface area contributed by atoms with Crippen LogP contribution in [0.2, 0.25) is 0 Å². The predicted molar refractivity (Wildman–Crippen MR) is 189 cm³/mol. The molecule has 0 saturated carbocycles. The van der Waals surface area contributed by atoms with E-state index in [0.717, 1.165) is 74.3 Å². The van der Waals surface area contributed by atoms with E-state index in [-0.39, 0.29) is 23.1 Å². The minimum absolute atomic E-state index is 0.0326. The van der Waals surface area contributed by atoms with Crippen molar-refractivity contribution in [3.8, 4) is 6.07 Å². The number of ether oxygens (including phenoxy) is 1. The summed E-state index contributed by atoms with van der Waals surface area (Å²) in [6, 6.07) is 10.5. The van der Waals surface area contributed by atoms with Crippen molar-refractivity contribution in [3.05, 3.63) is 52.3 Å². The molecule has 2 aliphatic heterocycles. The lowest BCUT2D eigenvalue weighted by atomic mass is 10.0. The van der Waals surface area contributed by atoms with Crippen molar-refractivity contribution in [1.29, 1.82) is 5.26 Å². The molecule has 2 aliphatic rings. The van der Waals surface area contributed by atoms with E-state index in [1.807, 2.05) is 33.8 Å². The molecule has 50 heavy (non-hydrogen) atoms. The Hall–Kier alpha value is -3.93. The second-order valence-electron chi connectivity index (χ2n) is 14.5. The molecule has 268 valence electrons. The molecule has 1 N–H and O–H groups in total. The number of aryl methyl sites for hydroxylation is 1. The van der Waals surface area contributed by atoms with Crippen molar-refractivity contribution < 1.29 is 22.7 Å². The zero-order valence-electron chi connectivity index (χ0n) is 29.3.